The number of amides is 1. The summed E-state index contributed by atoms with van der Waals surface area (Å²) in [6, 6.07) is 5.68. The van der Waals surface area contributed by atoms with E-state index in [1.54, 1.807) is 7.11 Å². The number of fused-ring (bicyclic) bond motifs is 1. The summed E-state index contributed by atoms with van der Waals surface area (Å²) in [5.41, 5.74) is 2.53. The highest BCUT2D eigenvalue weighted by atomic mass is 16.5. The number of methoxy groups -OCH3 is 1. The van der Waals surface area contributed by atoms with Crippen molar-refractivity contribution in [3.63, 3.8) is 0 Å². The highest BCUT2D eigenvalue weighted by molar-refractivity contribution is 6.02. The third kappa shape index (κ3) is 2.73. The van der Waals surface area contributed by atoms with Crippen molar-refractivity contribution in [2.24, 2.45) is 0 Å². The minimum atomic E-state index is -0.0763. The second kappa shape index (κ2) is 5.73. The highest BCUT2D eigenvalue weighted by Gasteiger charge is 2.18. The Bertz CT molecular complexity index is 434. The molecule has 0 aliphatic carbocycles. The molecule has 1 atom stereocenters. The van der Waals surface area contributed by atoms with Crippen LogP contribution in [-0.2, 0) is 4.74 Å². The van der Waals surface area contributed by atoms with E-state index >= 15 is 0 Å². The molecule has 3 N–H and O–H groups in total. The molecule has 98 valence electrons. The Morgan fingerprint density at radius 1 is 1.44 bits per heavy atom. The van der Waals surface area contributed by atoms with Crippen molar-refractivity contribution in [1.29, 1.82) is 0 Å². The zero-order valence-electron chi connectivity index (χ0n) is 10.7. The molecule has 5 nitrogen and oxygen atoms in total. The van der Waals surface area contributed by atoms with Crippen molar-refractivity contribution >= 4 is 17.3 Å². The molecule has 1 amide bonds. The maximum absolute atomic E-state index is 12.2. The van der Waals surface area contributed by atoms with Gasteiger partial charge in [0, 0.05) is 26.2 Å². The van der Waals surface area contributed by atoms with Crippen LogP contribution in [0.4, 0.5) is 11.4 Å². The second-order valence-corrected chi connectivity index (χ2v) is 4.41. The number of rotatable bonds is 4. The number of nitrogens with one attached hydrogen (secondary N) is 3. The van der Waals surface area contributed by atoms with Crippen LogP contribution in [0.3, 0.4) is 0 Å². The molecule has 1 unspecified atom stereocenters. The van der Waals surface area contributed by atoms with Crippen LogP contribution in [0, 0.1) is 0 Å². The summed E-state index contributed by atoms with van der Waals surface area (Å²) < 4.78 is 5.01. The largest absolute Gasteiger partial charge is 0.383 e. The van der Waals surface area contributed by atoms with Gasteiger partial charge in [-0.3, -0.25) is 4.79 Å². The molecule has 2 rings (SSSR count). The fourth-order valence-corrected chi connectivity index (χ4v) is 2.06. The van der Waals surface area contributed by atoms with Gasteiger partial charge in [0.2, 0.25) is 0 Å². The van der Waals surface area contributed by atoms with Gasteiger partial charge in [-0.15, -0.1) is 0 Å². The van der Waals surface area contributed by atoms with Crippen LogP contribution in [0.5, 0.6) is 0 Å². The molecule has 0 aromatic heterocycles. The number of hydrogen-bond donors (Lipinski definition) is 3. The molecule has 1 aliphatic heterocycles. The Labute approximate surface area is 107 Å². The topological polar surface area (TPSA) is 62.4 Å². The zero-order valence-corrected chi connectivity index (χ0v) is 10.7. The number of carbonyl (C=O) groups excluding carboxylic acids is 1. The molecule has 1 aliphatic rings. The number of para-hydroxylation sites is 1. The minimum absolute atomic E-state index is 0.00472. The van der Waals surface area contributed by atoms with Crippen molar-refractivity contribution < 1.29 is 9.53 Å². The van der Waals surface area contributed by atoms with Gasteiger partial charge in [-0.05, 0) is 19.1 Å². The van der Waals surface area contributed by atoms with Crippen molar-refractivity contribution in [3.05, 3.63) is 23.8 Å². The van der Waals surface area contributed by atoms with Crippen LogP contribution in [0.1, 0.15) is 17.3 Å². The van der Waals surface area contributed by atoms with Crippen LogP contribution in [0.15, 0.2) is 18.2 Å². The predicted octanol–water partition coefficient (Wildman–Crippen LogP) is 1.29. The van der Waals surface area contributed by atoms with Crippen molar-refractivity contribution in [2.45, 2.75) is 13.0 Å². The molecule has 1 heterocycles. The number of ether oxygens (including phenoxy) is 1. The van der Waals surface area contributed by atoms with E-state index in [4.69, 9.17) is 4.74 Å². The van der Waals surface area contributed by atoms with Crippen molar-refractivity contribution in [3.8, 4) is 0 Å². The normalized spacial score (nSPS) is 15.0. The summed E-state index contributed by atoms with van der Waals surface area (Å²) in [6.45, 7) is 4.12. The minimum Gasteiger partial charge on any atom is -0.383 e. The molecule has 0 spiro atoms. The van der Waals surface area contributed by atoms with E-state index in [0.29, 0.717) is 12.2 Å². The van der Waals surface area contributed by atoms with Gasteiger partial charge in [-0.2, -0.15) is 0 Å². The van der Waals surface area contributed by atoms with Gasteiger partial charge in [0.1, 0.15) is 0 Å². The molecule has 0 saturated carbocycles. The summed E-state index contributed by atoms with van der Waals surface area (Å²) in [6.07, 6.45) is 0. The fourth-order valence-electron chi connectivity index (χ4n) is 2.06. The average molecular weight is 249 g/mol. The standard InChI is InChI=1S/C13H19N3O2/c1-9(8-18-2)16-13(17)10-4-3-5-11-12(10)15-7-6-14-11/h3-5,9,14-15H,6-8H2,1-2H3,(H,16,17). The lowest BCUT2D eigenvalue weighted by Crippen LogP contribution is -2.36. The molecule has 18 heavy (non-hydrogen) atoms. The van der Waals surface area contributed by atoms with E-state index < -0.39 is 0 Å². The summed E-state index contributed by atoms with van der Waals surface area (Å²) in [7, 11) is 1.62. The lowest BCUT2D eigenvalue weighted by atomic mass is 10.1. The average Bonchev–Trinajstić information content (AvgIpc) is 2.38. The number of hydrogen-bond acceptors (Lipinski definition) is 4. The molecule has 0 radical (unpaired) electrons. The number of carbonyl (C=O) groups is 1. The summed E-state index contributed by atoms with van der Waals surface area (Å²) in [5.74, 6) is -0.0763. The predicted molar refractivity (Wildman–Crippen MR) is 72.2 cm³/mol. The van der Waals surface area contributed by atoms with E-state index in [1.807, 2.05) is 25.1 Å². The first-order chi connectivity index (χ1) is 8.72. The smallest absolute Gasteiger partial charge is 0.253 e. The molecule has 1 aromatic rings. The van der Waals surface area contributed by atoms with E-state index in [1.165, 1.54) is 0 Å². The number of benzene rings is 1. The lowest BCUT2D eigenvalue weighted by Gasteiger charge is -2.23. The molecular formula is C13H19N3O2. The monoisotopic (exact) mass is 249 g/mol. The number of anilines is 2. The molecule has 1 aromatic carbocycles. The molecule has 0 bridgehead atoms. The molecule has 0 fully saturated rings. The van der Waals surface area contributed by atoms with Gasteiger partial charge >= 0.3 is 0 Å². The SMILES string of the molecule is COCC(C)NC(=O)c1cccc2c1NCCN2. The van der Waals surface area contributed by atoms with Gasteiger partial charge in [0.25, 0.3) is 5.91 Å². The second-order valence-electron chi connectivity index (χ2n) is 4.41. The van der Waals surface area contributed by atoms with Crippen LogP contribution < -0.4 is 16.0 Å². The maximum atomic E-state index is 12.2. The van der Waals surface area contributed by atoms with E-state index in [2.05, 4.69) is 16.0 Å². The summed E-state index contributed by atoms with van der Waals surface area (Å²) >= 11 is 0. The summed E-state index contributed by atoms with van der Waals surface area (Å²) in [4.78, 5) is 12.2. The summed E-state index contributed by atoms with van der Waals surface area (Å²) in [5, 5.41) is 9.45. The van der Waals surface area contributed by atoms with Crippen LogP contribution >= 0.6 is 0 Å². The third-order valence-corrected chi connectivity index (χ3v) is 2.85. The fraction of sp³-hybridized carbons (Fsp3) is 0.462. The van der Waals surface area contributed by atoms with Gasteiger partial charge in [-0.1, -0.05) is 6.07 Å². The quantitative estimate of drug-likeness (QED) is 0.752. The van der Waals surface area contributed by atoms with Crippen LogP contribution in [-0.4, -0.2) is 38.8 Å². The van der Waals surface area contributed by atoms with E-state index in [0.717, 1.165) is 24.5 Å². The molecule has 0 saturated heterocycles. The van der Waals surface area contributed by atoms with Gasteiger partial charge in [0.15, 0.2) is 0 Å². The van der Waals surface area contributed by atoms with E-state index in [-0.39, 0.29) is 11.9 Å². The first kappa shape index (κ1) is 12.7. The highest BCUT2D eigenvalue weighted by Crippen LogP contribution is 2.28. The Balaban J connectivity index is 2.15. The van der Waals surface area contributed by atoms with Crippen LogP contribution in [0.25, 0.3) is 0 Å². The third-order valence-electron chi connectivity index (χ3n) is 2.85. The first-order valence-corrected chi connectivity index (χ1v) is 6.13. The first-order valence-electron chi connectivity index (χ1n) is 6.13. The zero-order chi connectivity index (χ0) is 13.0. The van der Waals surface area contributed by atoms with E-state index in [9.17, 15) is 4.79 Å². The van der Waals surface area contributed by atoms with Gasteiger partial charge in [-0.25, -0.2) is 0 Å². The Morgan fingerprint density at radius 2 is 2.22 bits per heavy atom. The lowest BCUT2D eigenvalue weighted by molar-refractivity contribution is 0.0906. The Kier molecular flexibility index (Phi) is 4.04. The Hall–Kier alpha value is -1.75. The van der Waals surface area contributed by atoms with Gasteiger partial charge < -0.3 is 20.7 Å². The Morgan fingerprint density at radius 3 is 3.00 bits per heavy atom. The van der Waals surface area contributed by atoms with Crippen molar-refractivity contribution in [2.75, 3.05) is 37.4 Å². The molecule has 5 heteroatoms. The van der Waals surface area contributed by atoms with Crippen LogP contribution in [0.2, 0.25) is 0 Å². The maximum Gasteiger partial charge on any atom is 0.253 e. The van der Waals surface area contributed by atoms with Gasteiger partial charge in [0.05, 0.1) is 23.5 Å². The van der Waals surface area contributed by atoms with Crippen molar-refractivity contribution in [1.82, 2.24) is 5.32 Å². The molecular weight excluding hydrogens is 230 g/mol.